The Morgan fingerprint density at radius 3 is 2.71 bits per heavy atom. The fraction of sp³-hybridized carbons (Fsp3) is 0.500. The first-order valence-corrected chi connectivity index (χ1v) is 5.64. The number of hydrogen-bond donors (Lipinski definition) is 1. The summed E-state index contributed by atoms with van der Waals surface area (Å²) in [5.74, 6) is 0.312. The topological polar surface area (TPSA) is 21.5 Å². The standard InChI is InChI=1S/C10H13NOS.BrH/c12-9(10-4-3-7-13-10)8-11-5-1-2-6-11;/h3-4,7H,1-2,5-6,8H2;1H. The van der Waals surface area contributed by atoms with Gasteiger partial charge in [0.1, 0.15) is 6.54 Å². The van der Waals surface area contributed by atoms with Crippen molar-refractivity contribution < 1.29 is 26.7 Å². The van der Waals surface area contributed by atoms with E-state index in [1.54, 1.807) is 11.3 Å². The molecule has 0 radical (unpaired) electrons. The van der Waals surface area contributed by atoms with Gasteiger partial charge in [-0.1, -0.05) is 6.07 Å². The van der Waals surface area contributed by atoms with E-state index in [-0.39, 0.29) is 17.0 Å². The van der Waals surface area contributed by atoms with Crippen LogP contribution in [0, 0.1) is 0 Å². The highest BCUT2D eigenvalue weighted by Gasteiger charge is 2.19. The van der Waals surface area contributed by atoms with Crippen molar-refractivity contribution in [2.45, 2.75) is 12.8 Å². The van der Waals surface area contributed by atoms with E-state index in [1.807, 2.05) is 17.5 Å². The van der Waals surface area contributed by atoms with Crippen molar-refractivity contribution >= 4 is 17.1 Å². The lowest BCUT2D eigenvalue weighted by molar-refractivity contribution is -0.878. The molecule has 0 amide bonds. The van der Waals surface area contributed by atoms with Crippen molar-refractivity contribution in [2.75, 3.05) is 19.6 Å². The largest absolute Gasteiger partial charge is 1.00 e. The van der Waals surface area contributed by atoms with Crippen molar-refractivity contribution in [3.8, 4) is 0 Å². The zero-order chi connectivity index (χ0) is 9.10. The Morgan fingerprint density at radius 2 is 2.14 bits per heavy atom. The number of hydrogen-bond acceptors (Lipinski definition) is 2. The molecule has 0 atom stereocenters. The maximum atomic E-state index is 11.7. The first-order valence-electron chi connectivity index (χ1n) is 4.76. The number of nitrogens with one attached hydrogen (secondary N) is 1. The van der Waals surface area contributed by atoms with Crippen molar-refractivity contribution in [2.24, 2.45) is 0 Å². The van der Waals surface area contributed by atoms with E-state index in [1.165, 1.54) is 30.8 Å². The fourth-order valence-corrected chi connectivity index (χ4v) is 2.47. The summed E-state index contributed by atoms with van der Waals surface area (Å²) in [6.07, 6.45) is 2.57. The van der Waals surface area contributed by atoms with Crippen LogP contribution in [-0.4, -0.2) is 25.4 Å². The predicted octanol–water partition coefficient (Wildman–Crippen LogP) is -2.39. The number of quaternary nitrogens is 1. The number of halogens is 1. The van der Waals surface area contributed by atoms with Crippen LogP contribution in [0.1, 0.15) is 22.5 Å². The zero-order valence-electron chi connectivity index (χ0n) is 7.96. The van der Waals surface area contributed by atoms with Crippen molar-refractivity contribution in [3.63, 3.8) is 0 Å². The third-order valence-electron chi connectivity index (χ3n) is 2.52. The maximum absolute atomic E-state index is 11.7. The molecule has 1 aromatic heterocycles. The number of ketones is 1. The van der Waals surface area contributed by atoms with E-state index in [0.717, 1.165) is 4.88 Å². The number of carbonyl (C=O) groups is 1. The highest BCUT2D eigenvalue weighted by atomic mass is 79.9. The van der Waals surface area contributed by atoms with Crippen LogP contribution in [0.3, 0.4) is 0 Å². The Morgan fingerprint density at radius 1 is 1.43 bits per heavy atom. The average Bonchev–Trinajstić information content (AvgIpc) is 2.74. The Hall–Kier alpha value is -0.190. The van der Waals surface area contributed by atoms with Crippen LogP contribution in [-0.2, 0) is 0 Å². The lowest BCUT2D eigenvalue weighted by Gasteiger charge is -2.09. The van der Waals surface area contributed by atoms with Gasteiger partial charge in [0, 0.05) is 12.8 Å². The molecule has 0 aromatic carbocycles. The predicted molar refractivity (Wildman–Crippen MR) is 53.4 cm³/mol. The van der Waals surface area contributed by atoms with Gasteiger partial charge in [-0.25, -0.2) is 0 Å². The first-order chi connectivity index (χ1) is 6.36. The van der Waals surface area contributed by atoms with E-state index in [0.29, 0.717) is 12.3 Å². The van der Waals surface area contributed by atoms with Crippen LogP contribution in [0.5, 0.6) is 0 Å². The lowest BCUT2D eigenvalue weighted by atomic mass is 10.3. The van der Waals surface area contributed by atoms with Crippen LogP contribution in [0.4, 0.5) is 0 Å². The summed E-state index contributed by atoms with van der Waals surface area (Å²) in [5, 5.41) is 1.96. The third-order valence-corrected chi connectivity index (χ3v) is 3.43. The number of rotatable bonds is 3. The second kappa shape index (κ2) is 5.63. The highest BCUT2D eigenvalue weighted by Crippen LogP contribution is 2.08. The van der Waals surface area contributed by atoms with Gasteiger partial charge in [-0.2, -0.15) is 0 Å². The molecule has 2 nitrogen and oxygen atoms in total. The van der Waals surface area contributed by atoms with Gasteiger partial charge in [-0.05, 0) is 11.4 Å². The molecular weight excluding hydrogens is 262 g/mol. The molecule has 78 valence electrons. The molecule has 2 rings (SSSR count). The second-order valence-electron chi connectivity index (χ2n) is 3.53. The summed E-state index contributed by atoms with van der Waals surface area (Å²) in [4.78, 5) is 14.0. The number of carbonyl (C=O) groups excluding carboxylic acids is 1. The molecule has 1 N–H and O–H groups in total. The molecule has 2 heterocycles. The summed E-state index contributed by atoms with van der Waals surface area (Å²) in [6.45, 7) is 3.05. The summed E-state index contributed by atoms with van der Waals surface area (Å²) in [5.41, 5.74) is 0. The Labute approximate surface area is 98.7 Å². The van der Waals surface area contributed by atoms with Gasteiger partial charge >= 0.3 is 0 Å². The van der Waals surface area contributed by atoms with Crippen molar-refractivity contribution in [1.82, 2.24) is 0 Å². The van der Waals surface area contributed by atoms with Gasteiger partial charge < -0.3 is 21.9 Å². The Kier molecular flexibility index (Phi) is 4.78. The minimum absolute atomic E-state index is 0. The van der Waals surface area contributed by atoms with E-state index < -0.39 is 0 Å². The van der Waals surface area contributed by atoms with Crippen LogP contribution >= 0.6 is 11.3 Å². The average molecular weight is 276 g/mol. The Balaban J connectivity index is 0.000000980. The van der Waals surface area contributed by atoms with Gasteiger partial charge in [0.05, 0.1) is 18.0 Å². The molecule has 4 heteroatoms. The first kappa shape index (κ1) is 11.9. The molecule has 14 heavy (non-hydrogen) atoms. The molecule has 1 aromatic rings. The monoisotopic (exact) mass is 275 g/mol. The molecular formula is C10H14BrNOS. The van der Waals surface area contributed by atoms with Gasteiger partial charge in [-0.3, -0.25) is 4.79 Å². The van der Waals surface area contributed by atoms with Crippen LogP contribution in [0.25, 0.3) is 0 Å². The van der Waals surface area contributed by atoms with E-state index in [4.69, 9.17) is 0 Å². The van der Waals surface area contributed by atoms with Crippen LogP contribution in [0.2, 0.25) is 0 Å². The van der Waals surface area contributed by atoms with E-state index in [9.17, 15) is 4.79 Å². The molecule has 0 unspecified atom stereocenters. The minimum Gasteiger partial charge on any atom is -1.00 e. The third kappa shape index (κ3) is 2.90. The molecule has 1 saturated heterocycles. The quantitative estimate of drug-likeness (QED) is 0.612. The lowest BCUT2D eigenvalue weighted by Crippen LogP contribution is -3.10. The molecule has 1 aliphatic heterocycles. The normalized spacial score (nSPS) is 16.6. The Bertz CT molecular complexity index is 280. The SMILES string of the molecule is O=C(C[NH+]1CCCC1)c1cccs1.[Br-]. The smallest absolute Gasteiger partial charge is 0.226 e. The van der Waals surface area contributed by atoms with Gasteiger partial charge in [0.25, 0.3) is 0 Å². The molecule has 0 saturated carbocycles. The van der Waals surface area contributed by atoms with Crippen molar-refractivity contribution in [1.29, 1.82) is 0 Å². The maximum Gasteiger partial charge on any atom is 0.226 e. The molecule has 0 spiro atoms. The van der Waals surface area contributed by atoms with Gasteiger partial charge in [0.15, 0.2) is 0 Å². The van der Waals surface area contributed by atoms with Gasteiger partial charge in [0.2, 0.25) is 5.78 Å². The summed E-state index contributed by atoms with van der Waals surface area (Å²) < 4.78 is 0. The number of likely N-dealkylation sites (tertiary alicyclic amines) is 1. The second-order valence-corrected chi connectivity index (χ2v) is 4.48. The van der Waals surface area contributed by atoms with E-state index in [2.05, 4.69) is 0 Å². The molecule has 0 aliphatic carbocycles. The van der Waals surface area contributed by atoms with Crippen molar-refractivity contribution in [3.05, 3.63) is 22.4 Å². The van der Waals surface area contributed by atoms with E-state index >= 15 is 0 Å². The summed E-state index contributed by atoms with van der Waals surface area (Å²) in [6, 6.07) is 3.86. The minimum atomic E-state index is 0. The van der Waals surface area contributed by atoms with Crippen LogP contribution in [0.15, 0.2) is 17.5 Å². The van der Waals surface area contributed by atoms with Crippen LogP contribution < -0.4 is 21.9 Å². The van der Waals surface area contributed by atoms with Gasteiger partial charge in [-0.15, -0.1) is 11.3 Å². The number of Topliss-reactive ketones (excluding diaryl/α,β-unsaturated/α-hetero) is 1. The molecule has 1 fully saturated rings. The molecule has 1 aliphatic rings. The zero-order valence-corrected chi connectivity index (χ0v) is 10.4. The summed E-state index contributed by atoms with van der Waals surface area (Å²) >= 11 is 1.55. The molecule has 0 bridgehead atoms. The number of thiophene rings is 1. The highest BCUT2D eigenvalue weighted by molar-refractivity contribution is 7.12. The summed E-state index contributed by atoms with van der Waals surface area (Å²) in [7, 11) is 0. The fourth-order valence-electron chi connectivity index (χ4n) is 1.80.